The van der Waals surface area contributed by atoms with Gasteiger partial charge in [-0.2, -0.15) is 23.8 Å². The fraction of sp³-hybridized carbons (Fsp3) is 0.300. The first-order valence-corrected chi connectivity index (χ1v) is 9.73. The molecule has 4 rings (SSSR count). The van der Waals surface area contributed by atoms with Crippen molar-refractivity contribution in [2.24, 2.45) is 13.0 Å². The summed E-state index contributed by atoms with van der Waals surface area (Å²) in [4.78, 5) is 26.0. The zero-order valence-corrected chi connectivity index (χ0v) is 17.2. The van der Waals surface area contributed by atoms with Gasteiger partial charge in [-0.1, -0.05) is 6.07 Å². The highest BCUT2D eigenvalue weighted by molar-refractivity contribution is 6.00. The van der Waals surface area contributed by atoms with Crippen LogP contribution in [0.15, 0.2) is 30.5 Å². The largest absolute Gasteiger partial charge is 0.432 e. The van der Waals surface area contributed by atoms with E-state index in [0.29, 0.717) is 0 Å². The Morgan fingerprint density at radius 1 is 1.27 bits per heavy atom. The van der Waals surface area contributed by atoms with Gasteiger partial charge in [0.1, 0.15) is 5.69 Å². The molecule has 1 aliphatic carbocycles. The Balaban J connectivity index is 1.76. The maximum absolute atomic E-state index is 13.3. The number of carbonyl (C=O) groups excluding carboxylic acids is 2. The van der Waals surface area contributed by atoms with Crippen molar-refractivity contribution < 1.29 is 27.2 Å². The Hall–Kier alpha value is -4.16. The molecule has 13 heteroatoms. The third-order valence-electron chi connectivity index (χ3n) is 4.69. The molecule has 3 N–H and O–H groups in total. The highest BCUT2D eigenvalue weighted by Gasteiger charge is 2.30. The second-order valence-electron chi connectivity index (χ2n) is 7.11. The van der Waals surface area contributed by atoms with E-state index in [1.165, 1.54) is 35.3 Å². The number of halogens is 2. The molecule has 0 bridgehead atoms. The van der Waals surface area contributed by atoms with Crippen LogP contribution >= 0.6 is 0 Å². The molecule has 172 valence electrons. The number of anilines is 3. The number of ether oxygens (including phenoxy) is 1. The van der Waals surface area contributed by atoms with Crippen molar-refractivity contribution >= 4 is 29.0 Å². The third-order valence-corrected chi connectivity index (χ3v) is 4.69. The third kappa shape index (κ3) is 5.02. The molecule has 1 saturated carbocycles. The van der Waals surface area contributed by atoms with Crippen molar-refractivity contribution in [3.05, 3.63) is 36.2 Å². The zero-order valence-electron chi connectivity index (χ0n) is 20.2. The summed E-state index contributed by atoms with van der Waals surface area (Å²) in [5.74, 6) is -1.89. The van der Waals surface area contributed by atoms with Crippen LogP contribution in [-0.4, -0.2) is 50.6 Å². The van der Waals surface area contributed by atoms with Crippen LogP contribution in [-0.2, 0) is 11.8 Å². The molecule has 33 heavy (non-hydrogen) atoms. The lowest BCUT2D eigenvalue weighted by Gasteiger charge is -2.17. The highest BCUT2D eigenvalue weighted by Crippen LogP contribution is 2.39. The van der Waals surface area contributed by atoms with E-state index in [-0.39, 0.29) is 46.0 Å². The Bertz CT molecular complexity index is 1300. The van der Waals surface area contributed by atoms with E-state index >= 15 is 0 Å². The molecule has 2 heterocycles. The van der Waals surface area contributed by atoms with Crippen LogP contribution in [0.25, 0.3) is 11.3 Å². The molecule has 2 amide bonds. The zero-order chi connectivity index (χ0) is 26.0. The first-order chi connectivity index (χ1) is 17.0. The molecule has 0 radical (unpaired) electrons. The van der Waals surface area contributed by atoms with Gasteiger partial charge in [-0.05, 0) is 25.0 Å². The molecule has 0 unspecified atom stereocenters. The number of amides is 2. The van der Waals surface area contributed by atoms with Crippen LogP contribution in [0.2, 0.25) is 0 Å². The Morgan fingerprint density at radius 2 is 2.09 bits per heavy atom. The lowest BCUT2D eigenvalue weighted by molar-refractivity contribution is -0.117. The predicted molar refractivity (Wildman–Crippen MR) is 113 cm³/mol. The summed E-state index contributed by atoms with van der Waals surface area (Å²) in [7, 11) is 1.55. The van der Waals surface area contributed by atoms with E-state index in [1.807, 2.05) is 0 Å². The van der Waals surface area contributed by atoms with E-state index in [9.17, 15) is 18.4 Å². The normalized spacial score (nSPS) is 14.7. The average Bonchev–Trinajstić information content (AvgIpc) is 3.54. The molecule has 11 nitrogen and oxygen atoms in total. The fourth-order valence-electron chi connectivity index (χ4n) is 3.02. The first kappa shape index (κ1) is 18.4. The standard InChI is InChI=1S/C20H20F2N8O3/c1-23-19(32)16-13(8-15(27-28-16)26-18(31)10-6-7-10)25-12-5-3-4-11(17(12)33-20(21)22)14-9-24-30(2)29-14/h3-5,8-10,20H,6-7H2,1-2H3,(H,23,32)(H2,25,26,27,31)/i1D3. The van der Waals surface area contributed by atoms with Crippen LogP contribution in [0.3, 0.4) is 0 Å². The smallest absolute Gasteiger partial charge is 0.387 e. The molecule has 2 aromatic heterocycles. The van der Waals surface area contributed by atoms with Crippen LogP contribution in [0.1, 0.15) is 27.4 Å². The van der Waals surface area contributed by atoms with Gasteiger partial charge < -0.3 is 20.7 Å². The number of rotatable bonds is 8. The molecule has 0 aliphatic heterocycles. The van der Waals surface area contributed by atoms with Gasteiger partial charge in [0.05, 0.1) is 17.6 Å². The van der Waals surface area contributed by atoms with Crippen LogP contribution in [0, 0.1) is 5.92 Å². The predicted octanol–water partition coefficient (Wildman–Crippen LogP) is 2.33. The van der Waals surface area contributed by atoms with Crippen molar-refractivity contribution in [3.63, 3.8) is 0 Å². The maximum Gasteiger partial charge on any atom is 0.387 e. The Labute approximate surface area is 190 Å². The summed E-state index contributed by atoms with van der Waals surface area (Å²) >= 11 is 0. The number of nitrogens with zero attached hydrogens (tertiary/aromatic N) is 5. The van der Waals surface area contributed by atoms with Gasteiger partial charge in [-0.25, -0.2) is 0 Å². The van der Waals surface area contributed by atoms with Crippen LogP contribution in [0.5, 0.6) is 5.75 Å². The van der Waals surface area contributed by atoms with Gasteiger partial charge in [0, 0.05) is 35.7 Å². The number of aryl methyl sites for hydroxylation is 1. The summed E-state index contributed by atoms with van der Waals surface area (Å²) in [6.45, 7) is -6.03. The number of alkyl halides is 2. The van der Waals surface area contributed by atoms with Crippen LogP contribution < -0.4 is 20.7 Å². The molecule has 0 atom stereocenters. The maximum atomic E-state index is 13.3. The molecule has 0 spiro atoms. The number of hydrogen-bond acceptors (Lipinski definition) is 8. The van der Waals surface area contributed by atoms with Gasteiger partial charge in [0.2, 0.25) is 5.91 Å². The Morgan fingerprint density at radius 3 is 2.76 bits per heavy atom. The monoisotopic (exact) mass is 461 g/mol. The molecule has 3 aromatic rings. The summed E-state index contributed by atoms with van der Waals surface area (Å²) in [6.07, 6.45) is 2.81. The van der Waals surface area contributed by atoms with E-state index in [0.717, 1.165) is 12.8 Å². The van der Waals surface area contributed by atoms with E-state index < -0.39 is 25.2 Å². The van der Waals surface area contributed by atoms with Gasteiger partial charge >= 0.3 is 6.61 Å². The SMILES string of the molecule is [2H]C([2H])([2H])NC(=O)c1nnc(NC(=O)C2CC2)cc1Nc1cccc(-c2cnn(C)n2)c1OC(F)F. The minimum Gasteiger partial charge on any atom is -0.432 e. The summed E-state index contributed by atoms with van der Waals surface area (Å²) in [5, 5.41) is 22.7. The number of benzene rings is 1. The first-order valence-electron chi connectivity index (χ1n) is 11.2. The topological polar surface area (TPSA) is 136 Å². The Kier molecular flexibility index (Phi) is 5.10. The minimum atomic E-state index is -3.20. The lowest BCUT2D eigenvalue weighted by atomic mass is 10.1. The number of hydrogen-bond donors (Lipinski definition) is 3. The molecule has 1 aromatic carbocycles. The summed E-state index contributed by atoms with van der Waals surface area (Å²) in [6, 6.07) is 5.65. The quantitative estimate of drug-likeness (QED) is 0.465. The van der Waals surface area contributed by atoms with Crippen molar-refractivity contribution in [2.45, 2.75) is 19.5 Å². The van der Waals surface area contributed by atoms with Crippen LogP contribution in [0.4, 0.5) is 26.0 Å². The molecule has 1 aliphatic rings. The summed E-state index contributed by atoms with van der Waals surface area (Å²) in [5.41, 5.74) is -0.181. The molecular formula is C20H20F2N8O3. The second kappa shape index (κ2) is 9.14. The molecule has 1 fully saturated rings. The van der Waals surface area contributed by atoms with E-state index in [1.54, 1.807) is 12.4 Å². The van der Waals surface area contributed by atoms with Crippen molar-refractivity contribution in [1.29, 1.82) is 0 Å². The number of para-hydroxylation sites is 1. The minimum absolute atomic E-state index is 0.0196. The highest BCUT2D eigenvalue weighted by atomic mass is 19.3. The second-order valence-corrected chi connectivity index (χ2v) is 7.11. The van der Waals surface area contributed by atoms with E-state index in [4.69, 9.17) is 8.85 Å². The average molecular weight is 461 g/mol. The van der Waals surface area contributed by atoms with Crippen molar-refractivity contribution in [3.8, 4) is 17.0 Å². The lowest BCUT2D eigenvalue weighted by Crippen LogP contribution is -2.22. The van der Waals surface area contributed by atoms with Gasteiger partial charge in [-0.15, -0.1) is 10.2 Å². The van der Waals surface area contributed by atoms with Gasteiger partial charge in [0.15, 0.2) is 17.3 Å². The van der Waals surface area contributed by atoms with Crippen molar-refractivity contribution in [1.82, 2.24) is 30.5 Å². The van der Waals surface area contributed by atoms with E-state index in [2.05, 4.69) is 31.0 Å². The van der Waals surface area contributed by atoms with Gasteiger partial charge in [0.25, 0.3) is 5.91 Å². The number of carbonyl (C=O) groups is 2. The molecule has 0 saturated heterocycles. The number of aromatic nitrogens is 5. The summed E-state index contributed by atoms with van der Waals surface area (Å²) < 4.78 is 53.3. The molecular weight excluding hydrogens is 438 g/mol. The van der Waals surface area contributed by atoms with Crippen molar-refractivity contribution in [2.75, 3.05) is 17.6 Å². The number of nitrogens with one attached hydrogen (secondary N) is 3. The van der Waals surface area contributed by atoms with Gasteiger partial charge in [-0.3, -0.25) is 9.59 Å². The fourth-order valence-corrected chi connectivity index (χ4v) is 3.02.